The molecule has 1 unspecified atom stereocenters. The molecule has 5 rings (SSSR count). The standard InChI is InChI=1S/C27H32N2O5S/c1-26(2,3)28-13-8-12-27-21(20-19(35-27)11-7-14-34-25(20)33)23(31)29(22(27)24(28)32)18(16-30)15-17-9-5-4-6-10-17/h4-12,18-22,30H,13-16H2,1-3H3/t18-,19+,20-,21+,22?,27+/m1/s1. The van der Waals surface area contributed by atoms with Crippen LogP contribution in [-0.4, -0.2) is 80.1 Å². The normalized spacial score (nSPS) is 33.1. The molecule has 0 saturated carbocycles. The van der Waals surface area contributed by atoms with E-state index in [0.29, 0.717) is 13.0 Å². The lowest BCUT2D eigenvalue weighted by Gasteiger charge is -2.42. The molecule has 6 atom stereocenters. The van der Waals surface area contributed by atoms with Gasteiger partial charge >= 0.3 is 5.97 Å². The Hall–Kier alpha value is -2.58. The number of rotatable bonds is 4. The second-order valence-electron chi connectivity index (χ2n) is 10.7. The summed E-state index contributed by atoms with van der Waals surface area (Å²) in [5.74, 6) is -2.21. The zero-order chi connectivity index (χ0) is 25.0. The SMILES string of the molecule is CC(C)(C)N1CC=C[C@]23S[C@H]4C=CCOC(=O)[C@H]4[C@H]2C(=O)N([C@@H](CO)Cc2ccccc2)C3C1=O. The zero-order valence-corrected chi connectivity index (χ0v) is 21.1. The van der Waals surface area contributed by atoms with E-state index in [9.17, 15) is 19.5 Å². The summed E-state index contributed by atoms with van der Waals surface area (Å²) < 4.78 is 4.51. The Balaban J connectivity index is 1.64. The highest BCUT2D eigenvalue weighted by molar-refractivity contribution is 8.02. The van der Waals surface area contributed by atoms with Gasteiger partial charge < -0.3 is 19.6 Å². The van der Waals surface area contributed by atoms with Crippen LogP contribution in [0, 0.1) is 11.8 Å². The van der Waals surface area contributed by atoms with Crippen LogP contribution in [-0.2, 0) is 25.5 Å². The van der Waals surface area contributed by atoms with E-state index in [0.717, 1.165) is 5.56 Å². The lowest BCUT2D eigenvalue weighted by atomic mass is 9.78. The highest BCUT2D eigenvalue weighted by Gasteiger charge is 2.72. The van der Waals surface area contributed by atoms with Crippen molar-refractivity contribution in [2.45, 2.75) is 54.8 Å². The minimum Gasteiger partial charge on any atom is -0.461 e. The van der Waals surface area contributed by atoms with Gasteiger partial charge in [-0.15, -0.1) is 11.8 Å². The molecule has 4 aliphatic heterocycles. The third-order valence-corrected chi connectivity index (χ3v) is 9.32. The second-order valence-corrected chi connectivity index (χ2v) is 12.2. The molecule has 1 aromatic carbocycles. The predicted molar refractivity (Wildman–Crippen MR) is 133 cm³/mol. The van der Waals surface area contributed by atoms with Gasteiger partial charge in [-0.25, -0.2) is 0 Å². The number of hydrogen-bond acceptors (Lipinski definition) is 6. The van der Waals surface area contributed by atoms with E-state index in [2.05, 4.69) is 0 Å². The van der Waals surface area contributed by atoms with Crippen LogP contribution >= 0.6 is 11.8 Å². The molecular weight excluding hydrogens is 464 g/mol. The summed E-state index contributed by atoms with van der Waals surface area (Å²) in [6, 6.07) is 8.24. The summed E-state index contributed by atoms with van der Waals surface area (Å²) >= 11 is 1.52. The van der Waals surface area contributed by atoms with Gasteiger partial charge in [-0.1, -0.05) is 54.6 Å². The molecule has 2 amide bonds. The largest absolute Gasteiger partial charge is 0.461 e. The Morgan fingerprint density at radius 2 is 1.89 bits per heavy atom. The molecule has 0 aromatic heterocycles. The summed E-state index contributed by atoms with van der Waals surface area (Å²) in [5.41, 5.74) is 0.511. The van der Waals surface area contributed by atoms with Gasteiger partial charge in [-0.05, 0) is 32.8 Å². The quantitative estimate of drug-likeness (QED) is 0.508. The van der Waals surface area contributed by atoms with E-state index in [4.69, 9.17) is 4.74 Å². The van der Waals surface area contributed by atoms with Crippen LogP contribution in [0.25, 0.3) is 0 Å². The third kappa shape index (κ3) is 3.82. The molecule has 35 heavy (non-hydrogen) atoms. The maximum Gasteiger partial charge on any atom is 0.311 e. The van der Waals surface area contributed by atoms with Crippen molar-refractivity contribution >= 4 is 29.5 Å². The lowest BCUT2D eigenvalue weighted by molar-refractivity contribution is -0.152. The third-order valence-electron chi connectivity index (χ3n) is 7.58. The molecule has 4 aliphatic rings. The number of fused-ring (bicyclic) bond motifs is 2. The fourth-order valence-electron chi connectivity index (χ4n) is 6.04. The Labute approximate surface area is 210 Å². The molecular formula is C27H32N2O5S. The van der Waals surface area contributed by atoms with Crippen LogP contribution in [0.15, 0.2) is 54.6 Å². The maximum absolute atomic E-state index is 14.3. The minimum absolute atomic E-state index is 0.147. The molecule has 2 saturated heterocycles. The lowest BCUT2D eigenvalue weighted by Crippen LogP contribution is -2.59. The molecule has 8 heteroatoms. The van der Waals surface area contributed by atoms with Crippen molar-refractivity contribution in [2.75, 3.05) is 19.8 Å². The monoisotopic (exact) mass is 496 g/mol. The Bertz CT molecular complexity index is 1080. The Morgan fingerprint density at radius 1 is 1.14 bits per heavy atom. The number of nitrogens with zero attached hydrogens (tertiary/aromatic N) is 2. The van der Waals surface area contributed by atoms with Gasteiger partial charge in [-0.3, -0.25) is 14.4 Å². The number of thioether (sulfide) groups is 1. The van der Waals surface area contributed by atoms with Crippen molar-refractivity contribution in [2.24, 2.45) is 11.8 Å². The van der Waals surface area contributed by atoms with Gasteiger partial charge in [0.05, 0.1) is 29.2 Å². The van der Waals surface area contributed by atoms with Crippen molar-refractivity contribution in [1.82, 2.24) is 9.80 Å². The first-order valence-corrected chi connectivity index (χ1v) is 13.0. The Morgan fingerprint density at radius 3 is 2.57 bits per heavy atom. The van der Waals surface area contributed by atoms with E-state index in [1.54, 1.807) is 9.80 Å². The number of ether oxygens (including phenoxy) is 1. The molecule has 1 N–H and O–H groups in total. The van der Waals surface area contributed by atoms with Gasteiger partial charge in [0.2, 0.25) is 11.8 Å². The van der Waals surface area contributed by atoms with Crippen LogP contribution < -0.4 is 0 Å². The average molecular weight is 497 g/mol. The zero-order valence-electron chi connectivity index (χ0n) is 20.3. The van der Waals surface area contributed by atoms with Crippen molar-refractivity contribution < 1.29 is 24.2 Å². The molecule has 1 spiro atoms. The number of cyclic esters (lactones) is 1. The molecule has 7 nitrogen and oxygen atoms in total. The van der Waals surface area contributed by atoms with Crippen LogP contribution in [0.5, 0.6) is 0 Å². The molecule has 4 heterocycles. The molecule has 0 radical (unpaired) electrons. The van der Waals surface area contributed by atoms with Gasteiger partial charge in [0.1, 0.15) is 12.6 Å². The summed E-state index contributed by atoms with van der Waals surface area (Å²) in [6.45, 7) is 6.27. The van der Waals surface area contributed by atoms with Crippen LogP contribution in [0.4, 0.5) is 0 Å². The predicted octanol–water partition coefficient (Wildman–Crippen LogP) is 2.20. The molecule has 186 valence electrons. The molecule has 0 bridgehead atoms. The van der Waals surface area contributed by atoms with E-state index < -0.39 is 40.2 Å². The first kappa shape index (κ1) is 24.1. The van der Waals surface area contributed by atoms with Crippen LogP contribution in [0.3, 0.4) is 0 Å². The van der Waals surface area contributed by atoms with Gasteiger partial charge in [-0.2, -0.15) is 0 Å². The molecule has 2 fully saturated rings. The maximum atomic E-state index is 14.3. The molecule has 0 aliphatic carbocycles. The number of aliphatic hydroxyl groups excluding tert-OH is 1. The van der Waals surface area contributed by atoms with E-state index >= 15 is 0 Å². The van der Waals surface area contributed by atoms with Crippen LogP contribution in [0.2, 0.25) is 0 Å². The fraction of sp³-hybridized carbons (Fsp3) is 0.519. The number of carbonyl (C=O) groups is 3. The number of aliphatic hydroxyl groups is 1. The van der Waals surface area contributed by atoms with Crippen molar-refractivity contribution in [3.05, 3.63) is 60.2 Å². The van der Waals surface area contributed by atoms with E-state index in [1.165, 1.54) is 11.8 Å². The number of amides is 2. The minimum atomic E-state index is -0.908. The average Bonchev–Trinajstić information content (AvgIpc) is 3.11. The number of carbonyl (C=O) groups excluding carboxylic acids is 3. The topological polar surface area (TPSA) is 87.2 Å². The summed E-state index contributed by atoms with van der Waals surface area (Å²) in [6.07, 6.45) is 8.13. The summed E-state index contributed by atoms with van der Waals surface area (Å²) in [4.78, 5) is 45.0. The number of likely N-dealkylation sites (tertiary alicyclic amines) is 1. The number of benzene rings is 1. The molecule has 1 aromatic rings. The van der Waals surface area contributed by atoms with E-state index in [1.807, 2.05) is 75.4 Å². The van der Waals surface area contributed by atoms with Crippen molar-refractivity contribution in [3.8, 4) is 0 Å². The van der Waals surface area contributed by atoms with Gasteiger partial charge in [0.25, 0.3) is 0 Å². The Kier molecular flexibility index (Phi) is 6.08. The van der Waals surface area contributed by atoms with Crippen molar-refractivity contribution in [3.63, 3.8) is 0 Å². The fourth-order valence-corrected chi connectivity index (χ4v) is 8.03. The highest BCUT2D eigenvalue weighted by atomic mass is 32.2. The van der Waals surface area contributed by atoms with E-state index in [-0.39, 0.29) is 30.3 Å². The summed E-state index contributed by atoms with van der Waals surface area (Å²) in [7, 11) is 0. The highest BCUT2D eigenvalue weighted by Crippen LogP contribution is 2.61. The smallest absolute Gasteiger partial charge is 0.311 e. The second kappa shape index (κ2) is 8.82. The summed E-state index contributed by atoms with van der Waals surface area (Å²) in [5, 5.41) is 10.2. The van der Waals surface area contributed by atoms with Gasteiger partial charge in [0, 0.05) is 17.3 Å². The van der Waals surface area contributed by atoms with Crippen LogP contribution in [0.1, 0.15) is 26.3 Å². The number of esters is 1. The number of hydrogen-bond donors (Lipinski definition) is 1. The van der Waals surface area contributed by atoms with Crippen molar-refractivity contribution in [1.29, 1.82) is 0 Å². The first-order valence-electron chi connectivity index (χ1n) is 12.2. The van der Waals surface area contributed by atoms with Gasteiger partial charge in [0.15, 0.2) is 0 Å². The first-order chi connectivity index (χ1) is 16.7.